The number of rotatable bonds is 4. The molecule has 6 nitrogen and oxygen atoms in total. The Labute approximate surface area is 110 Å². The maximum Gasteiger partial charge on any atom is 0.383 e. The number of oxime groups is 1. The highest BCUT2D eigenvalue weighted by Crippen LogP contribution is 2.13. The number of carbonyl (C=O) groups excluding carboxylic acids is 1. The second-order valence-electron chi connectivity index (χ2n) is 3.27. The smallest absolute Gasteiger partial charge is 0.380 e. The number of hydrogen-bond acceptors (Lipinski definition) is 5. The summed E-state index contributed by atoms with van der Waals surface area (Å²) < 4.78 is 25.2. The number of thiophene rings is 1. The second-order valence-corrected chi connectivity index (χ2v) is 4.22. The van der Waals surface area contributed by atoms with E-state index in [9.17, 15) is 13.6 Å². The highest BCUT2D eigenvalue weighted by molar-refractivity contribution is 7.12. The molecular formula is C10H8F2N4O2S. The third kappa shape index (κ3) is 2.94. The molecule has 0 aliphatic rings. The van der Waals surface area contributed by atoms with Gasteiger partial charge in [0.05, 0.1) is 11.1 Å². The molecule has 0 atom stereocenters. The number of carbonyl (C=O) groups is 1. The van der Waals surface area contributed by atoms with Crippen molar-refractivity contribution in [3.8, 4) is 0 Å². The quantitative estimate of drug-likeness (QED) is 0.402. The van der Waals surface area contributed by atoms with Gasteiger partial charge in [-0.05, 0) is 17.5 Å². The lowest BCUT2D eigenvalue weighted by Crippen LogP contribution is -2.16. The summed E-state index contributed by atoms with van der Waals surface area (Å²) >= 11 is 1.30. The molecule has 19 heavy (non-hydrogen) atoms. The van der Waals surface area contributed by atoms with Crippen molar-refractivity contribution in [2.45, 2.75) is 6.55 Å². The van der Waals surface area contributed by atoms with E-state index in [4.69, 9.17) is 5.73 Å². The highest BCUT2D eigenvalue weighted by atomic mass is 32.1. The van der Waals surface area contributed by atoms with Crippen LogP contribution in [0.2, 0.25) is 0 Å². The van der Waals surface area contributed by atoms with Crippen molar-refractivity contribution in [2.24, 2.45) is 10.9 Å². The molecule has 9 heteroatoms. The van der Waals surface area contributed by atoms with Gasteiger partial charge in [0.1, 0.15) is 0 Å². The zero-order chi connectivity index (χ0) is 13.8. The van der Waals surface area contributed by atoms with Gasteiger partial charge in [0.2, 0.25) is 0 Å². The fourth-order valence-corrected chi connectivity index (χ4v) is 1.86. The fourth-order valence-electron chi connectivity index (χ4n) is 1.24. The van der Waals surface area contributed by atoms with Gasteiger partial charge in [-0.25, -0.2) is 4.79 Å². The van der Waals surface area contributed by atoms with Crippen molar-refractivity contribution in [2.75, 3.05) is 0 Å². The van der Waals surface area contributed by atoms with Crippen LogP contribution < -0.4 is 5.73 Å². The molecule has 0 saturated carbocycles. The first kappa shape index (κ1) is 13.1. The van der Waals surface area contributed by atoms with Crippen LogP contribution in [-0.4, -0.2) is 21.6 Å². The van der Waals surface area contributed by atoms with Gasteiger partial charge in [0, 0.05) is 0 Å². The number of hydrogen-bond donors (Lipinski definition) is 1. The number of nitrogens with two attached hydrogens (primary N) is 1. The third-order valence-electron chi connectivity index (χ3n) is 2.06. The molecule has 0 fully saturated rings. The molecule has 0 saturated heterocycles. The largest absolute Gasteiger partial charge is 0.383 e. The van der Waals surface area contributed by atoms with Gasteiger partial charge in [0.15, 0.2) is 11.5 Å². The Morgan fingerprint density at radius 2 is 2.32 bits per heavy atom. The van der Waals surface area contributed by atoms with Crippen LogP contribution >= 0.6 is 11.3 Å². The zero-order valence-electron chi connectivity index (χ0n) is 9.36. The lowest BCUT2D eigenvalue weighted by atomic mass is 10.4. The number of halogens is 2. The maximum absolute atomic E-state index is 12.5. The Morgan fingerprint density at radius 3 is 2.95 bits per heavy atom. The van der Waals surface area contributed by atoms with E-state index in [1.54, 1.807) is 17.5 Å². The highest BCUT2D eigenvalue weighted by Gasteiger charge is 2.19. The number of amidine groups is 1. The lowest BCUT2D eigenvalue weighted by Gasteiger charge is -2.03. The van der Waals surface area contributed by atoms with Gasteiger partial charge in [-0.2, -0.15) is 18.6 Å². The number of alkyl halides is 2. The average molecular weight is 286 g/mol. The maximum atomic E-state index is 12.5. The van der Waals surface area contributed by atoms with E-state index in [1.165, 1.54) is 11.3 Å². The van der Waals surface area contributed by atoms with Crippen molar-refractivity contribution in [3.63, 3.8) is 0 Å². The summed E-state index contributed by atoms with van der Waals surface area (Å²) in [5, 5.41) is 8.46. The predicted octanol–water partition coefficient (Wildman–Crippen LogP) is 1.82. The lowest BCUT2D eigenvalue weighted by molar-refractivity contribution is 0.0350. The number of aromatic nitrogens is 2. The van der Waals surface area contributed by atoms with Crippen LogP contribution in [0.25, 0.3) is 0 Å². The van der Waals surface area contributed by atoms with Crippen LogP contribution in [0, 0.1) is 0 Å². The van der Waals surface area contributed by atoms with E-state index in [1.807, 2.05) is 0 Å². The molecule has 2 aromatic rings. The molecule has 2 rings (SSSR count). The molecular weight excluding hydrogens is 278 g/mol. The van der Waals surface area contributed by atoms with E-state index >= 15 is 0 Å². The van der Waals surface area contributed by atoms with E-state index in [-0.39, 0.29) is 10.5 Å². The Bertz CT molecular complexity index is 594. The van der Waals surface area contributed by atoms with E-state index in [0.29, 0.717) is 4.88 Å². The first-order valence-electron chi connectivity index (χ1n) is 5.00. The van der Waals surface area contributed by atoms with Crippen LogP contribution in [0.15, 0.2) is 34.9 Å². The van der Waals surface area contributed by atoms with Crippen LogP contribution in [0.3, 0.4) is 0 Å². The SMILES string of the molecule is N/C(=N/OC(=O)c1ccnn1C(F)F)c1cccs1. The predicted molar refractivity (Wildman–Crippen MR) is 63.9 cm³/mol. The molecule has 0 spiro atoms. The van der Waals surface area contributed by atoms with Gasteiger partial charge < -0.3 is 10.6 Å². The minimum atomic E-state index is -2.93. The van der Waals surface area contributed by atoms with Crippen LogP contribution in [-0.2, 0) is 4.84 Å². The molecule has 2 heterocycles. The van der Waals surface area contributed by atoms with Gasteiger partial charge in [-0.15, -0.1) is 11.3 Å². The molecule has 0 aliphatic heterocycles. The first-order chi connectivity index (χ1) is 9.09. The minimum absolute atomic E-state index is 0.00791. The van der Waals surface area contributed by atoms with Crippen molar-refractivity contribution in [1.29, 1.82) is 0 Å². The van der Waals surface area contributed by atoms with Gasteiger partial charge in [-0.1, -0.05) is 11.2 Å². The molecule has 2 aromatic heterocycles. The molecule has 0 aromatic carbocycles. The Hall–Kier alpha value is -2.29. The van der Waals surface area contributed by atoms with Crippen molar-refractivity contribution in [3.05, 3.63) is 40.3 Å². The Balaban J connectivity index is 2.09. The van der Waals surface area contributed by atoms with Crippen LogP contribution in [0.4, 0.5) is 8.78 Å². The standard InChI is InChI=1S/C10H8F2N4O2S/c11-10(12)16-6(3-4-14-16)9(17)18-15-8(13)7-2-1-5-19-7/h1-5,10H,(H2,13,15). The van der Waals surface area contributed by atoms with Gasteiger partial charge >= 0.3 is 12.5 Å². The molecule has 2 N–H and O–H groups in total. The summed E-state index contributed by atoms with van der Waals surface area (Å²) in [6.07, 6.45) is 1.06. The van der Waals surface area contributed by atoms with Crippen molar-refractivity contribution in [1.82, 2.24) is 9.78 Å². The molecule has 0 radical (unpaired) electrons. The summed E-state index contributed by atoms with van der Waals surface area (Å²) in [5.41, 5.74) is 5.15. The van der Waals surface area contributed by atoms with Gasteiger partial charge in [-0.3, -0.25) is 0 Å². The number of nitrogens with zero attached hydrogens (tertiary/aromatic N) is 3. The summed E-state index contributed by atoms with van der Waals surface area (Å²) in [5.74, 6) is -1.07. The van der Waals surface area contributed by atoms with Gasteiger partial charge in [0.25, 0.3) is 0 Å². The zero-order valence-corrected chi connectivity index (χ0v) is 10.2. The van der Waals surface area contributed by atoms with Crippen LogP contribution in [0.5, 0.6) is 0 Å². The normalized spacial score (nSPS) is 11.8. The molecule has 100 valence electrons. The molecule has 0 aliphatic carbocycles. The van der Waals surface area contributed by atoms with Crippen molar-refractivity contribution >= 4 is 23.1 Å². The monoisotopic (exact) mass is 286 g/mol. The topological polar surface area (TPSA) is 82.5 Å². The summed E-state index contributed by atoms with van der Waals surface area (Å²) in [6, 6.07) is 4.53. The second kappa shape index (κ2) is 5.57. The first-order valence-corrected chi connectivity index (χ1v) is 5.88. The third-order valence-corrected chi connectivity index (χ3v) is 2.96. The van der Waals surface area contributed by atoms with Crippen LogP contribution in [0.1, 0.15) is 21.9 Å². The van der Waals surface area contributed by atoms with E-state index < -0.39 is 18.2 Å². The summed E-state index contributed by atoms with van der Waals surface area (Å²) in [6.45, 7) is -2.93. The summed E-state index contributed by atoms with van der Waals surface area (Å²) in [7, 11) is 0. The molecule has 0 bridgehead atoms. The van der Waals surface area contributed by atoms with Crippen molar-refractivity contribution < 1.29 is 18.4 Å². The Morgan fingerprint density at radius 1 is 1.53 bits per heavy atom. The van der Waals surface area contributed by atoms with E-state index in [0.717, 1.165) is 12.3 Å². The average Bonchev–Trinajstić information content (AvgIpc) is 3.04. The molecule has 0 unspecified atom stereocenters. The minimum Gasteiger partial charge on any atom is -0.380 e. The fraction of sp³-hybridized carbons (Fsp3) is 0.100. The van der Waals surface area contributed by atoms with E-state index in [2.05, 4.69) is 15.1 Å². The Kier molecular flexibility index (Phi) is 3.85. The summed E-state index contributed by atoms with van der Waals surface area (Å²) in [4.78, 5) is 16.6. The molecule has 0 amide bonds.